The monoisotopic (exact) mass is 214 g/mol. The average molecular weight is 214 g/mol. The van der Waals surface area contributed by atoms with Gasteiger partial charge in [-0.15, -0.1) is 0 Å². The fourth-order valence-electron chi connectivity index (χ4n) is 0.975. The van der Waals surface area contributed by atoms with Gasteiger partial charge in [0, 0.05) is 21.2 Å². The van der Waals surface area contributed by atoms with Crippen LogP contribution in [0.4, 0.5) is 5.13 Å². The molecule has 0 saturated carbocycles. The normalized spacial score (nSPS) is 10.2. The van der Waals surface area contributed by atoms with Crippen molar-refractivity contribution in [3.05, 3.63) is 10.6 Å². The topological polar surface area (TPSA) is 75.2 Å². The van der Waals surface area contributed by atoms with Crippen LogP contribution in [0.5, 0.6) is 0 Å². The summed E-state index contributed by atoms with van der Waals surface area (Å²) in [6, 6.07) is 0. The van der Waals surface area contributed by atoms with Gasteiger partial charge in [-0.1, -0.05) is 11.3 Å². The lowest BCUT2D eigenvalue weighted by molar-refractivity contribution is 0.182. The number of ether oxygens (including phenoxy) is 1. The van der Waals surface area contributed by atoms with Crippen molar-refractivity contribution >= 4 is 22.3 Å². The highest BCUT2D eigenvalue weighted by Gasteiger charge is 2.14. The predicted octanol–water partition coefficient (Wildman–Crippen LogP) is 0.640. The van der Waals surface area contributed by atoms with Crippen molar-refractivity contribution < 1.29 is 4.74 Å². The molecule has 0 aliphatic carbocycles. The van der Waals surface area contributed by atoms with Crippen LogP contribution in [0.1, 0.15) is 10.6 Å². The van der Waals surface area contributed by atoms with Crippen LogP contribution in [0.25, 0.3) is 0 Å². The Hall–Kier alpha value is -1.14. The molecule has 5 nitrogen and oxygen atoms in total. The number of thiazole rings is 1. The molecule has 78 valence electrons. The van der Waals surface area contributed by atoms with Crippen molar-refractivity contribution in [3.8, 4) is 0 Å². The van der Waals surface area contributed by atoms with Gasteiger partial charge >= 0.3 is 0 Å². The number of aromatic nitrogens is 1. The van der Waals surface area contributed by atoms with E-state index in [9.17, 15) is 0 Å². The summed E-state index contributed by atoms with van der Waals surface area (Å²) in [6.07, 6.45) is 0. The van der Waals surface area contributed by atoms with E-state index < -0.39 is 0 Å². The summed E-state index contributed by atoms with van der Waals surface area (Å²) in [5.74, 6) is 0.0441. The minimum Gasteiger partial charge on any atom is -0.383 e. The molecular formula is C8H14N4OS. The number of rotatable bonds is 4. The van der Waals surface area contributed by atoms with Gasteiger partial charge in [0.2, 0.25) is 0 Å². The van der Waals surface area contributed by atoms with Gasteiger partial charge in [-0.3, -0.25) is 5.41 Å². The average Bonchev–Trinajstić information content (AvgIpc) is 2.49. The fraction of sp³-hybridized carbons (Fsp3) is 0.500. The number of methoxy groups -OCH3 is 1. The van der Waals surface area contributed by atoms with Crippen LogP contribution in [-0.2, 0) is 11.3 Å². The lowest BCUT2D eigenvalue weighted by atomic mass is 10.3. The molecule has 0 radical (unpaired) electrons. The van der Waals surface area contributed by atoms with Gasteiger partial charge < -0.3 is 15.4 Å². The van der Waals surface area contributed by atoms with E-state index in [4.69, 9.17) is 15.9 Å². The first-order valence-corrected chi connectivity index (χ1v) is 4.88. The molecule has 1 aromatic rings. The van der Waals surface area contributed by atoms with Gasteiger partial charge in [-0.05, 0) is 0 Å². The highest BCUT2D eigenvalue weighted by molar-refractivity contribution is 7.17. The Labute approximate surface area is 87.0 Å². The summed E-state index contributed by atoms with van der Waals surface area (Å²) in [7, 11) is 5.40. The second-order valence-electron chi connectivity index (χ2n) is 3.01. The Kier molecular flexibility index (Phi) is 3.43. The number of nitrogens with zero attached hydrogens (tertiary/aromatic N) is 2. The number of nitrogens with two attached hydrogens (primary N) is 1. The van der Waals surface area contributed by atoms with E-state index >= 15 is 0 Å². The van der Waals surface area contributed by atoms with Crippen molar-refractivity contribution in [1.82, 2.24) is 4.98 Å². The molecule has 14 heavy (non-hydrogen) atoms. The SMILES string of the molecule is COCc1nc(N(C)C)sc1C(=N)N. The summed E-state index contributed by atoms with van der Waals surface area (Å²) in [4.78, 5) is 6.89. The molecule has 0 bridgehead atoms. The van der Waals surface area contributed by atoms with Crippen molar-refractivity contribution in [3.63, 3.8) is 0 Å². The molecule has 0 aromatic carbocycles. The van der Waals surface area contributed by atoms with Gasteiger partial charge in [0.25, 0.3) is 0 Å². The zero-order chi connectivity index (χ0) is 10.7. The fourth-order valence-corrected chi connectivity index (χ4v) is 1.83. The Morgan fingerprint density at radius 2 is 2.29 bits per heavy atom. The van der Waals surface area contributed by atoms with Crippen LogP contribution in [0.15, 0.2) is 0 Å². The van der Waals surface area contributed by atoms with E-state index in [0.29, 0.717) is 11.5 Å². The molecule has 0 saturated heterocycles. The van der Waals surface area contributed by atoms with E-state index in [1.54, 1.807) is 7.11 Å². The van der Waals surface area contributed by atoms with Crippen molar-refractivity contribution in [2.24, 2.45) is 5.73 Å². The van der Waals surface area contributed by atoms with Crippen molar-refractivity contribution in [2.75, 3.05) is 26.1 Å². The molecule has 0 aliphatic rings. The molecule has 3 N–H and O–H groups in total. The van der Waals surface area contributed by atoms with Crippen molar-refractivity contribution in [1.29, 1.82) is 5.41 Å². The van der Waals surface area contributed by atoms with Gasteiger partial charge in [-0.2, -0.15) is 0 Å². The maximum atomic E-state index is 7.38. The summed E-state index contributed by atoms with van der Waals surface area (Å²) in [5.41, 5.74) is 6.17. The quantitative estimate of drug-likeness (QED) is 0.569. The number of amidine groups is 1. The lowest BCUT2D eigenvalue weighted by Crippen LogP contribution is -2.11. The standard InChI is InChI=1S/C8H14N4OS/c1-12(2)8-11-5(4-13-3)6(14-8)7(9)10/h4H2,1-3H3,(H3,9,10). The van der Waals surface area contributed by atoms with Crippen molar-refractivity contribution in [2.45, 2.75) is 6.61 Å². The van der Waals surface area contributed by atoms with Gasteiger partial charge in [-0.25, -0.2) is 4.98 Å². The van der Waals surface area contributed by atoms with Crippen LogP contribution in [0, 0.1) is 5.41 Å². The third kappa shape index (κ3) is 2.21. The highest BCUT2D eigenvalue weighted by atomic mass is 32.1. The Morgan fingerprint density at radius 3 is 2.71 bits per heavy atom. The molecule has 0 unspecified atom stereocenters. The number of anilines is 1. The van der Waals surface area contributed by atoms with Gasteiger partial charge in [0.15, 0.2) is 5.13 Å². The van der Waals surface area contributed by atoms with E-state index in [2.05, 4.69) is 4.98 Å². The first kappa shape index (κ1) is 10.9. The van der Waals surface area contributed by atoms with E-state index in [0.717, 1.165) is 10.8 Å². The Morgan fingerprint density at radius 1 is 1.64 bits per heavy atom. The summed E-state index contributed by atoms with van der Waals surface area (Å²) >= 11 is 1.40. The molecule has 0 fully saturated rings. The number of hydrogen-bond acceptors (Lipinski definition) is 5. The molecule has 0 atom stereocenters. The van der Waals surface area contributed by atoms with Crippen LogP contribution < -0.4 is 10.6 Å². The van der Waals surface area contributed by atoms with Crippen LogP contribution in [-0.4, -0.2) is 32.0 Å². The maximum absolute atomic E-state index is 7.38. The number of nitrogen functional groups attached to an aromatic ring is 1. The Bertz CT molecular complexity index is 334. The molecule has 1 heterocycles. The summed E-state index contributed by atoms with van der Waals surface area (Å²) in [6.45, 7) is 0.388. The third-order valence-electron chi connectivity index (χ3n) is 1.59. The summed E-state index contributed by atoms with van der Waals surface area (Å²) in [5, 5.41) is 8.22. The molecule has 0 aliphatic heterocycles. The van der Waals surface area contributed by atoms with Crippen LogP contribution >= 0.6 is 11.3 Å². The first-order chi connectivity index (χ1) is 6.56. The molecule has 6 heteroatoms. The molecule has 0 spiro atoms. The molecule has 1 aromatic heterocycles. The third-order valence-corrected chi connectivity index (χ3v) is 2.89. The van der Waals surface area contributed by atoms with E-state index in [1.807, 2.05) is 19.0 Å². The van der Waals surface area contributed by atoms with Gasteiger partial charge in [0.1, 0.15) is 5.84 Å². The largest absolute Gasteiger partial charge is 0.383 e. The Balaban J connectivity index is 3.05. The number of hydrogen-bond donors (Lipinski definition) is 2. The maximum Gasteiger partial charge on any atom is 0.185 e. The minimum atomic E-state index is 0.0441. The smallest absolute Gasteiger partial charge is 0.185 e. The minimum absolute atomic E-state index is 0.0441. The zero-order valence-electron chi connectivity index (χ0n) is 8.50. The first-order valence-electron chi connectivity index (χ1n) is 4.06. The number of nitrogens with one attached hydrogen (secondary N) is 1. The highest BCUT2D eigenvalue weighted by Crippen LogP contribution is 2.24. The van der Waals surface area contributed by atoms with E-state index in [-0.39, 0.29) is 5.84 Å². The predicted molar refractivity (Wildman–Crippen MR) is 58.2 cm³/mol. The van der Waals surface area contributed by atoms with Crippen LogP contribution in [0.2, 0.25) is 0 Å². The summed E-state index contributed by atoms with van der Waals surface area (Å²) < 4.78 is 4.99. The zero-order valence-corrected chi connectivity index (χ0v) is 9.31. The van der Waals surface area contributed by atoms with Gasteiger partial charge in [0.05, 0.1) is 17.2 Å². The molecule has 0 amide bonds. The lowest BCUT2D eigenvalue weighted by Gasteiger charge is -2.05. The molecular weight excluding hydrogens is 200 g/mol. The van der Waals surface area contributed by atoms with Crippen LogP contribution in [0.3, 0.4) is 0 Å². The van der Waals surface area contributed by atoms with E-state index in [1.165, 1.54) is 11.3 Å². The second-order valence-corrected chi connectivity index (χ2v) is 3.99. The molecule has 1 rings (SSSR count). The second kappa shape index (κ2) is 4.39.